The van der Waals surface area contributed by atoms with Gasteiger partial charge in [-0.2, -0.15) is 0 Å². The number of aliphatic hydroxyl groups excluding tert-OH is 7. The van der Waals surface area contributed by atoms with Gasteiger partial charge in [-0.1, -0.05) is 58.3 Å². The normalized spacial score (nSPS) is 38.8. The summed E-state index contributed by atoms with van der Waals surface area (Å²) in [5.74, 6) is 0. The van der Waals surface area contributed by atoms with Gasteiger partial charge in [-0.25, -0.2) is 0 Å². The van der Waals surface area contributed by atoms with Crippen LogP contribution in [0.2, 0.25) is 0 Å². The van der Waals surface area contributed by atoms with Crippen molar-refractivity contribution in [2.24, 2.45) is 0 Å². The molecule has 2 aliphatic rings. The fraction of sp³-hybridized carbons (Fsp3) is 1.00. The monoisotopic (exact) mass is 496 g/mol. The minimum Gasteiger partial charge on any atom is -0.394 e. The Hall–Kier alpha value is -0.440. The zero-order valence-corrected chi connectivity index (χ0v) is 20.0. The molecular weight excluding hydrogens is 452 g/mol. The maximum atomic E-state index is 10.6. The van der Waals surface area contributed by atoms with E-state index >= 15 is 0 Å². The number of hydrogen-bond donors (Lipinski definition) is 7. The van der Waals surface area contributed by atoms with Crippen molar-refractivity contribution in [3.05, 3.63) is 0 Å². The fourth-order valence-corrected chi connectivity index (χ4v) is 4.31. The first-order valence-electron chi connectivity index (χ1n) is 12.6. The predicted molar refractivity (Wildman–Crippen MR) is 120 cm³/mol. The molecule has 0 aromatic heterocycles. The van der Waals surface area contributed by atoms with Gasteiger partial charge in [-0.3, -0.25) is 0 Å². The van der Waals surface area contributed by atoms with Crippen molar-refractivity contribution < 1.29 is 54.7 Å². The van der Waals surface area contributed by atoms with Crippen molar-refractivity contribution >= 4 is 0 Å². The van der Waals surface area contributed by atoms with Gasteiger partial charge in [0, 0.05) is 6.61 Å². The zero-order chi connectivity index (χ0) is 25.1. The molecule has 0 amide bonds. The summed E-state index contributed by atoms with van der Waals surface area (Å²) in [7, 11) is 0. The first kappa shape index (κ1) is 29.8. The average Bonchev–Trinajstić information content (AvgIpc) is 2.84. The second-order valence-electron chi connectivity index (χ2n) is 9.20. The van der Waals surface area contributed by atoms with Gasteiger partial charge in [-0.05, 0) is 6.42 Å². The van der Waals surface area contributed by atoms with Crippen molar-refractivity contribution in [3.63, 3.8) is 0 Å². The lowest BCUT2D eigenvalue weighted by atomic mass is 9.97. The minimum atomic E-state index is -1.69. The zero-order valence-electron chi connectivity index (χ0n) is 20.0. The lowest BCUT2D eigenvalue weighted by Crippen LogP contribution is -2.64. The van der Waals surface area contributed by atoms with Crippen molar-refractivity contribution in [2.75, 3.05) is 19.8 Å². The van der Waals surface area contributed by atoms with Crippen molar-refractivity contribution in [1.82, 2.24) is 0 Å². The van der Waals surface area contributed by atoms with Crippen LogP contribution in [0.3, 0.4) is 0 Å². The molecule has 0 aromatic carbocycles. The third kappa shape index (κ3) is 8.31. The molecule has 7 N–H and O–H groups in total. The lowest BCUT2D eigenvalue weighted by molar-refractivity contribution is -0.359. The maximum Gasteiger partial charge on any atom is 0.187 e. The van der Waals surface area contributed by atoms with E-state index < -0.39 is 74.6 Å². The van der Waals surface area contributed by atoms with Gasteiger partial charge in [0.05, 0.1) is 13.2 Å². The van der Waals surface area contributed by atoms with Gasteiger partial charge in [-0.15, -0.1) is 0 Å². The summed E-state index contributed by atoms with van der Waals surface area (Å²) in [5.41, 5.74) is 0. The van der Waals surface area contributed by atoms with Crippen LogP contribution >= 0.6 is 0 Å². The van der Waals surface area contributed by atoms with E-state index in [1.165, 1.54) is 38.5 Å². The molecule has 0 aliphatic carbocycles. The first-order chi connectivity index (χ1) is 16.3. The molecule has 0 bridgehead atoms. The minimum absolute atomic E-state index is 0.320. The maximum absolute atomic E-state index is 10.6. The van der Waals surface area contributed by atoms with E-state index in [0.29, 0.717) is 6.61 Å². The molecule has 2 unspecified atom stereocenters. The van der Waals surface area contributed by atoms with Gasteiger partial charge in [0.25, 0.3) is 0 Å². The fourth-order valence-electron chi connectivity index (χ4n) is 4.31. The largest absolute Gasteiger partial charge is 0.394 e. The molecule has 0 aromatic rings. The van der Waals surface area contributed by atoms with Gasteiger partial charge in [0.2, 0.25) is 0 Å². The first-order valence-corrected chi connectivity index (χ1v) is 12.6. The van der Waals surface area contributed by atoms with Gasteiger partial charge >= 0.3 is 0 Å². The second kappa shape index (κ2) is 15.6. The van der Waals surface area contributed by atoms with Crippen LogP contribution in [0.1, 0.15) is 64.7 Å². The van der Waals surface area contributed by atoms with Crippen LogP contribution in [-0.2, 0) is 18.9 Å². The summed E-state index contributed by atoms with van der Waals surface area (Å²) in [6.07, 6.45) is -3.99. The highest BCUT2D eigenvalue weighted by Crippen LogP contribution is 2.29. The Bertz CT molecular complexity index is 535. The molecule has 2 aliphatic heterocycles. The van der Waals surface area contributed by atoms with Crippen LogP contribution in [0.4, 0.5) is 0 Å². The van der Waals surface area contributed by atoms with Gasteiger partial charge in [0.15, 0.2) is 12.6 Å². The van der Waals surface area contributed by atoms with E-state index in [-0.39, 0.29) is 0 Å². The smallest absolute Gasteiger partial charge is 0.187 e. The number of unbranched alkanes of at least 4 members (excludes halogenated alkanes) is 8. The summed E-state index contributed by atoms with van der Waals surface area (Å²) >= 11 is 0. The number of rotatable bonds is 15. The highest BCUT2D eigenvalue weighted by molar-refractivity contribution is 4.94. The Kier molecular flexibility index (Phi) is 13.7. The third-order valence-corrected chi connectivity index (χ3v) is 6.49. The SMILES string of the molecule is CCCCCCCCCCCO[C@@H]1O[C@H](CO)[C@@H](O[C@H]2OC(CO)[C@@H](O)[C@H](O)C2O)[C@H](O)[C@H]1O. The molecule has 34 heavy (non-hydrogen) atoms. The van der Waals surface area contributed by atoms with E-state index in [9.17, 15) is 35.7 Å². The molecular formula is C23H44O11. The average molecular weight is 497 g/mol. The highest BCUT2D eigenvalue weighted by atomic mass is 16.7. The van der Waals surface area contributed by atoms with Crippen LogP contribution in [-0.4, -0.2) is 117 Å². The summed E-state index contributed by atoms with van der Waals surface area (Å²) in [5, 5.41) is 70.0. The predicted octanol–water partition coefficient (Wildman–Crippen LogP) is -0.842. The molecule has 0 saturated carbocycles. The quantitative estimate of drug-likeness (QED) is 0.141. The van der Waals surface area contributed by atoms with Gasteiger partial charge in [0.1, 0.15) is 48.8 Å². The standard InChI is InChI=1S/C23H44O11/c1-2-3-4-5-6-7-8-9-10-11-31-22-20(30)18(28)21(15(13-25)33-22)34-23-19(29)17(27)16(26)14(12-24)32-23/h14-30H,2-13H2,1H3/t14?,15-,16-,17+,18-,19?,20-,21-,22-,23-/m1/s1. The Morgan fingerprint density at radius 2 is 1.12 bits per heavy atom. The molecule has 2 fully saturated rings. The van der Waals surface area contributed by atoms with E-state index in [4.69, 9.17) is 18.9 Å². The van der Waals surface area contributed by atoms with Crippen LogP contribution < -0.4 is 0 Å². The molecule has 0 spiro atoms. The second-order valence-corrected chi connectivity index (χ2v) is 9.20. The number of aliphatic hydroxyl groups is 7. The summed E-state index contributed by atoms with van der Waals surface area (Å²) < 4.78 is 22.0. The van der Waals surface area contributed by atoms with Gasteiger partial charge < -0.3 is 54.7 Å². The molecule has 11 heteroatoms. The molecule has 2 saturated heterocycles. The lowest BCUT2D eigenvalue weighted by Gasteiger charge is -2.45. The topological polar surface area (TPSA) is 179 Å². The molecule has 11 nitrogen and oxygen atoms in total. The van der Waals surface area contributed by atoms with Crippen molar-refractivity contribution in [3.8, 4) is 0 Å². The molecule has 2 heterocycles. The van der Waals surface area contributed by atoms with E-state index in [1.54, 1.807) is 0 Å². The van der Waals surface area contributed by atoms with Crippen LogP contribution in [0.5, 0.6) is 0 Å². The Balaban J connectivity index is 1.78. The van der Waals surface area contributed by atoms with E-state index in [2.05, 4.69) is 6.92 Å². The third-order valence-electron chi connectivity index (χ3n) is 6.49. The Morgan fingerprint density at radius 3 is 1.71 bits per heavy atom. The molecule has 2 rings (SSSR count). The van der Waals surface area contributed by atoms with Crippen molar-refractivity contribution in [2.45, 2.75) is 126 Å². The Labute approximate surface area is 201 Å². The van der Waals surface area contributed by atoms with Crippen molar-refractivity contribution in [1.29, 1.82) is 0 Å². The van der Waals surface area contributed by atoms with Crippen LogP contribution in [0.15, 0.2) is 0 Å². The summed E-state index contributed by atoms with van der Waals surface area (Å²) in [4.78, 5) is 0. The van der Waals surface area contributed by atoms with E-state index in [1.807, 2.05) is 0 Å². The molecule has 10 atom stereocenters. The van der Waals surface area contributed by atoms with E-state index in [0.717, 1.165) is 19.3 Å². The molecule has 0 radical (unpaired) electrons. The number of ether oxygens (including phenoxy) is 4. The summed E-state index contributed by atoms with van der Waals surface area (Å²) in [6.45, 7) is 1.29. The summed E-state index contributed by atoms with van der Waals surface area (Å²) in [6, 6.07) is 0. The van der Waals surface area contributed by atoms with Crippen LogP contribution in [0.25, 0.3) is 0 Å². The number of hydrogen-bond acceptors (Lipinski definition) is 11. The Morgan fingerprint density at radius 1 is 0.588 bits per heavy atom. The highest BCUT2D eigenvalue weighted by Gasteiger charge is 2.50. The molecule has 202 valence electrons. The van der Waals surface area contributed by atoms with Crippen LogP contribution in [0, 0.1) is 0 Å².